The molecule has 1 unspecified atom stereocenters. The van der Waals surface area contributed by atoms with Crippen LogP contribution in [0.1, 0.15) is 18.0 Å². The molecule has 4 nitrogen and oxygen atoms in total. The summed E-state index contributed by atoms with van der Waals surface area (Å²) in [6.07, 6.45) is 1.42. The average Bonchev–Trinajstić information content (AvgIpc) is 2.72. The predicted octanol–water partition coefficient (Wildman–Crippen LogP) is 2.90. The molecule has 1 atom stereocenters. The standard InChI is InChI=1S/C12H21F2N3OSi/c1-19(2,3)5-4-18-8-17-7-10(15)11(16-17)9-6-12(9,13)14/h7,9H,4-6,8,15H2,1-3H3. The maximum atomic E-state index is 13.0. The van der Waals surface area contributed by atoms with Crippen LogP contribution >= 0.6 is 0 Å². The molecule has 0 radical (unpaired) electrons. The molecule has 0 amide bonds. The number of aromatic nitrogens is 2. The van der Waals surface area contributed by atoms with Gasteiger partial charge < -0.3 is 10.5 Å². The topological polar surface area (TPSA) is 53.1 Å². The van der Waals surface area contributed by atoms with E-state index < -0.39 is 19.9 Å². The van der Waals surface area contributed by atoms with E-state index >= 15 is 0 Å². The largest absolute Gasteiger partial charge is 0.396 e. The van der Waals surface area contributed by atoms with Crippen LogP contribution in [0.15, 0.2) is 6.20 Å². The van der Waals surface area contributed by atoms with Gasteiger partial charge in [0, 0.05) is 21.1 Å². The molecule has 1 saturated carbocycles. The lowest BCUT2D eigenvalue weighted by atomic mass is 10.2. The van der Waals surface area contributed by atoms with Crippen LogP contribution in [-0.4, -0.2) is 30.4 Å². The number of hydrogen-bond acceptors (Lipinski definition) is 3. The lowest BCUT2D eigenvalue weighted by Gasteiger charge is -2.15. The number of hydrogen-bond donors (Lipinski definition) is 1. The van der Waals surface area contributed by atoms with Crippen molar-refractivity contribution in [3.05, 3.63) is 11.9 Å². The van der Waals surface area contributed by atoms with Gasteiger partial charge in [-0.2, -0.15) is 5.10 Å². The maximum Gasteiger partial charge on any atom is 0.257 e. The van der Waals surface area contributed by atoms with E-state index in [1.807, 2.05) is 0 Å². The van der Waals surface area contributed by atoms with Gasteiger partial charge in [0.2, 0.25) is 0 Å². The number of nitrogens with two attached hydrogens (primary N) is 1. The molecule has 0 aromatic carbocycles. The van der Waals surface area contributed by atoms with Gasteiger partial charge in [-0.3, -0.25) is 0 Å². The van der Waals surface area contributed by atoms with Gasteiger partial charge in [-0.25, -0.2) is 13.5 Å². The highest BCUT2D eigenvalue weighted by Crippen LogP contribution is 2.56. The van der Waals surface area contributed by atoms with Gasteiger partial charge in [0.15, 0.2) is 0 Å². The van der Waals surface area contributed by atoms with Crippen LogP contribution in [0.3, 0.4) is 0 Å². The van der Waals surface area contributed by atoms with E-state index in [-0.39, 0.29) is 13.2 Å². The lowest BCUT2D eigenvalue weighted by Crippen LogP contribution is -2.22. The maximum absolute atomic E-state index is 13.0. The minimum atomic E-state index is -2.63. The van der Waals surface area contributed by atoms with Gasteiger partial charge in [-0.1, -0.05) is 19.6 Å². The Morgan fingerprint density at radius 1 is 1.53 bits per heavy atom. The van der Waals surface area contributed by atoms with Crippen LogP contribution in [0.25, 0.3) is 0 Å². The predicted molar refractivity (Wildman–Crippen MR) is 73.0 cm³/mol. The van der Waals surface area contributed by atoms with Gasteiger partial charge in [0.25, 0.3) is 5.92 Å². The average molecular weight is 289 g/mol. The van der Waals surface area contributed by atoms with E-state index in [1.165, 1.54) is 4.68 Å². The quantitative estimate of drug-likeness (QED) is 0.647. The van der Waals surface area contributed by atoms with Gasteiger partial charge in [0.05, 0.1) is 23.5 Å². The first kappa shape index (κ1) is 14.5. The minimum absolute atomic E-state index is 0.148. The highest BCUT2D eigenvalue weighted by Gasteiger charge is 2.59. The second-order valence-electron chi connectivity index (χ2n) is 6.37. The summed E-state index contributed by atoms with van der Waals surface area (Å²) in [7, 11) is -1.11. The van der Waals surface area contributed by atoms with E-state index in [2.05, 4.69) is 24.7 Å². The molecule has 19 heavy (non-hydrogen) atoms. The van der Waals surface area contributed by atoms with Crippen LogP contribution < -0.4 is 5.73 Å². The van der Waals surface area contributed by atoms with Crippen LogP contribution in [-0.2, 0) is 11.5 Å². The zero-order valence-corrected chi connectivity index (χ0v) is 12.6. The SMILES string of the molecule is C[Si](C)(C)CCOCn1cc(N)c(C2CC2(F)F)n1. The molecule has 1 aromatic rings. The van der Waals surface area contributed by atoms with Crippen molar-refractivity contribution in [2.45, 2.75) is 50.7 Å². The molecule has 0 bridgehead atoms. The molecule has 1 aliphatic carbocycles. The first-order chi connectivity index (χ1) is 8.69. The van der Waals surface area contributed by atoms with E-state index in [4.69, 9.17) is 10.5 Å². The first-order valence-corrected chi connectivity index (χ1v) is 10.2. The van der Waals surface area contributed by atoms with E-state index in [1.54, 1.807) is 6.20 Å². The van der Waals surface area contributed by atoms with E-state index in [0.717, 1.165) is 6.04 Å². The summed E-state index contributed by atoms with van der Waals surface area (Å²) >= 11 is 0. The molecule has 1 aromatic heterocycles. The second-order valence-corrected chi connectivity index (χ2v) is 12.0. The van der Waals surface area contributed by atoms with Crippen molar-refractivity contribution >= 4 is 13.8 Å². The van der Waals surface area contributed by atoms with Crippen molar-refractivity contribution < 1.29 is 13.5 Å². The Balaban J connectivity index is 1.84. The molecule has 1 aliphatic rings. The van der Waals surface area contributed by atoms with Crippen molar-refractivity contribution in [2.24, 2.45) is 0 Å². The van der Waals surface area contributed by atoms with Gasteiger partial charge in [0.1, 0.15) is 6.73 Å². The normalized spacial score (nSPS) is 21.6. The first-order valence-electron chi connectivity index (χ1n) is 6.47. The number of nitrogen functional groups attached to an aromatic ring is 1. The number of anilines is 1. The summed E-state index contributed by atoms with van der Waals surface area (Å²) in [5.41, 5.74) is 6.35. The summed E-state index contributed by atoms with van der Waals surface area (Å²) < 4.78 is 33.0. The summed E-state index contributed by atoms with van der Waals surface area (Å²) in [6, 6.07) is 1.07. The molecular formula is C12H21F2N3OSi. The smallest absolute Gasteiger partial charge is 0.257 e. The number of alkyl halides is 2. The molecule has 2 N–H and O–H groups in total. The van der Waals surface area contributed by atoms with Crippen molar-refractivity contribution in [2.75, 3.05) is 12.3 Å². The molecule has 0 spiro atoms. The minimum Gasteiger partial charge on any atom is -0.396 e. The molecule has 2 rings (SSSR count). The van der Waals surface area contributed by atoms with Crippen LogP contribution in [0, 0.1) is 0 Å². The fourth-order valence-corrected chi connectivity index (χ4v) is 2.59. The third kappa shape index (κ3) is 3.76. The van der Waals surface area contributed by atoms with Crippen LogP contribution in [0.2, 0.25) is 25.7 Å². The fourth-order valence-electron chi connectivity index (χ4n) is 1.84. The summed E-state index contributed by atoms with van der Waals surface area (Å²) in [6.45, 7) is 7.76. The van der Waals surface area contributed by atoms with Gasteiger partial charge >= 0.3 is 0 Å². The number of ether oxygens (including phenoxy) is 1. The molecule has 0 aliphatic heterocycles. The zero-order chi connectivity index (χ0) is 14.3. The Hall–Kier alpha value is -0.953. The summed E-state index contributed by atoms with van der Waals surface area (Å²) in [5, 5.41) is 4.10. The Bertz CT molecular complexity index is 456. The van der Waals surface area contributed by atoms with Crippen molar-refractivity contribution in [3.8, 4) is 0 Å². The number of rotatable bonds is 6. The van der Waals surface area contributed by atoms with Gasteiger partial charge in [-0.05, 0) is 6.04 Å². The summed E-state index contributed by atoms with van der Waals surface area (Å²) in [5.74, 6) is -3.44. The zero-order valence-electron chi connectivity index (χ0n) is 11.6. The second kappa shape index (κ2) is 4.86. The molecular weight excluding hydrogens is 268 g/mol. The van der Waals surface area contributed by atoms with Gasteiger partial charge in [-0.15, -0.1) is 0 Å². The number of halogens is 2. The Kier molecular flexibility index (Phi) is 3.70. The molecule has 0 saturated heterocycles. The van der Waals surface area contributed by atoms with Crippen LogP contribution in [0.5, 0.6) is 0 Å². The third-order valence-electron chi connectivity index (χ3n) is 3.20. The van der Waals surface area contributed by atoms with E-state index in [0.29, 0.717) is 18.0 Å². The Morgan fingerprint density at radius 3 is 2.68 bits per heavy atom. The highest BCUT2D eigenvalue weighted by molar-refractivity contribution is 6.76. The van der Waals surface area contributed by atoms with Crippen LogP contribution in [0.4, 0.5) is 14.5 Å². The molecule has 1 fully saturated rings. The third-order valence-corrected chi connectivity index (χ3v) is 4.90. The number of nitrogens with zero attached hydrogens (tertiary/aromatic N) is 2. The Morgan fingerprint density at radius 2 is 2.16 bits per heavy atom. The van der Waals surface area contributed by atoms with E-state index in [9.17, 15) is 8.78 Å². The van der Waals surface area contributed by atoms with Crippen molar-refractivity contribution in [1.29, 1.82) is 0 Å². The van der Waals surface area contributed by atoms with Crippen molar-refractivity contribution in [1.82, 2.24) is 9.78 Å². The van der Waals surface area contributed by atoms with Crippen molar-refractivity contribution in [3.63, 3.8) is 0 Å². The Labute approximate surface area is 112 Å². The lowest BCUT2D eigenvalue weighted by molar-refractivity contribution is 0.0776. The highest BCUT2D eigenvalue weighted by atomic mass is 28.3. The fraction of sp³-hybridized carbons (Fsp3) is 0.750. The molecule has 108 valence electrons. The molecule has 1 heterocycles. The monoisotopic (exact) mass is 289 g/mol. The summed E-state index contributed by atoms with van der Waals surface area (Å²) in [4.78, 5) is 0. The molecule has 7 heteroatoms.